The van der Waals surface area contributed by atoms with Crippen LogP contribution in [0.25, 0.3) is 22.2 Å². The van der Waals surface area contributed by atoms with E-state index in [-0.39, 0.29) is 6.42 Å². The standard InChI is InChI=1S/C26H30F2N2/c1-3-19-10-13-22-24(17-19)29-23(18-25(22)30-15-4-5-16-30)21-11-8-20(9-12-21)7-6-14-26(2,27)28/h8-13,17-18H,3-7,14-16H2,1-2H3. The molecular weight excluding hydrogens is 378 g/mol. The van der Waals surface area contributed by atoms with E-state index in [0.29, 0.717) is 12.8 Å². The van der Waals surface area contributed by atoms with Crippen molar-refractivity contribution in [2.45, 2.75) is 58.3 Å². The molecule has 4 rings (SSSR count). The maximum Gasteiger partial charge on any atom is 0.245 e. The van der Waals surface area contributed by atoms with Crippen molar-refractivity contribution in [2.75, 3.05) is 18.0 Å². The molecule has 1 saturated heterocycles. The van der Waals surface area contributed by atoms with Crippen LogP contribution in [-0.4, -0.2) is 24.0 Å². The van der Waals surface area contributed by atoms with Gasteiger partial charge in [0.25, 0.3) is 0 Å². The molecule has 1 aromatic heterocycles. The van der Waals surface area contributed by atoms with Crippen LogP contribution < -0.4 is 4.90 Å². The van der Waals surface area contributed by atoms with Crippen molar-refractivity contribution in [3.63, 3.8) is 0 Å². The minimum absolute atomic E-state index is 0.0695. The maximum atomic E-state index is 13.0. The Morgan fingerprint density at radius 2 is 1.67 bits per heavy atom. The van der Waals surface area contributed by atoms with Gasteiger partial charge in [-0.2, -0.15) is 0 Å². The van der Waals surface area contributed by atoms with Crippen LogP contribution in [0, 0.1) is 0 Å². The SMILES string of the molecule is CCc1ccc2c(N3CCCC3)cc(-c3ccc(CCCC(C)(F)F)cc3)nc2c1. The predicted molar refractivity (Wildman–Crippen MR) is 122 cm³/mol. The van der Waals surface area contributed by atoms with Crippen molar-refractivity contribution in [1.29, 1.82) is 0 Å². The topological polar surface area (TPSA) is 16.1 Å². The van der Waals surface area contributed by atoms with E-state index >= 15 is 0 Å². The lowest BCUT2D eigenvalue weighted by atomic mass is 10.0. The summed E-state index contributed by atoms with van der Waals surface area (Å²) in [7, 11) is 0. The number of fused-ring (bicyclic) bond motifs is 1. The molecule has 1 aliphatic rings. The van der Waals surface area contributed by atoms with Gasteiger partial charge in [0.2, 0.25) is 5.92 Å². The minimum Gasteiger partial charge on any atom is -0.371 e. The number of halogens is 2. The summed E-state index contributed by atoms with van der Waals surface area (Å²) >= 11 is 0. The summed E-state index contributed by atoms with van der Waals surface area (Å²) in [5, 5.41) is 1.22. The van der Waals surface area contributed by atoms with Crippen LogP contribution in [0.3, 0.4) is 0 Å². The molecule has 0 spiro atoms. The Kier molecular flexibility index (Phi) is 6.03. The number of alkyl halides is 2. The zero-order valence-electron chi connectivity index (χ0n) is 17.9. The van der Waals surface area contributed by atoms with Gasteiger partial charge in [-0.1, -0.05) is 43.3 Å². The monoisotopic (exact) mass is 408 g/mol. The van der Waals surface area contributed by atoms with Gasteiger partial charge in [-0.25, -0.2) is 13.8 Å². The number of anilines is 1. The number of nitrogens with zero attached hydrogens (tertiary/aromatic N) is 2. The Hall–Kier alpha value is -2.49. The van der Waals surface area contributed by atoms with Crippen LogP contribution in [-0.2, 0) is 12.8 Å². The number of aromatic nitrogens is 1. The Morgan fingerprint density at radius 1 is 0.967 bits per heavy atom. The summed E-state index contributed by atoms with van der Waals surface area (Å²) in [6.07, 6.45) is 4.56. The van der Waals surface area contributed by atoms with E-state index in [9.17, 15) is 8.78 Å². The van der Waals surface area contributed by atoms with Crippen LogP contribution in [0.1, 0.15) is 50.7 Å². The van der Waals surface area contributed by atoms with Crippen molar-refractivity contribution in [3.05, 3.63) is 59.7 Å². The first kappa shape index (κ1) is 20.8. The van der Waals surface area contributed by atoms with Crippen molar-refractivity contribution in [3.8, 4) is 11.3 Å². The van der Waals surface area contributed by atoms with E-state index < -0.39 is 5.92 Å². The van der Waals surface area contributed by atoms with Gasteiger partial charge in [0, 0.05) is 36.1 Å². The summed E-state index contributed by atoms with van der Waals surface area (Å²) in [5.74, 6) is -2.59. The van der Waals surface area contributed by atoms with Crippen LogP contribution in [0.4, 0.5) is 14.5 Å². The quantitative estimate of drug-likeness (QED) is 0.417. The molecular formula is C26H30F2N2. The predicted octanol–water partition coefficient (Wildman–Crippen LogP) is 7.04. The van der Waals surface area contributed by atoms with E-state index in [4.69, 9.17) is 4.98 Å². The smallest absolute Gasteiger partial charge is 0.245 e. The lowest BCUT2D eigenvalue weighted by Crippen LogP contribution is -2.18. The van der Waals surface area contributed by atoms with Gasteiger partial charge in [-0.15, -0.1) is 0 Å². The normalized spacial score (nSPS) is 14.6. The highest BCUT2D eigenvalue weighted by Gasteiger charge is 2.20. The summed E-state index contributed by atoms with van der Waals surface area (Å²) < 4.78 is 26.1. The molecule has 0 bridgehead atoms. The fourth-order valence-corrected chi connectivity index (χ4v) is 4.29. The molecule has 0 N–H and O–H groups in total. The Labute approximate surface area is 177 Å². The number of hydrogen-bond donors (Lipinski definition) is 0. The number of hydrogen-bond acceptors (Lipinski definition) is 2. The second-order valence-electron chi connectivity index (χ2n) is 8.55. The summed E-state index contributed by atoms with van der Waals surface area (Å²) in [4.78, 5) is 7.46. The second kappa shape index (κ2) is 8.71. The fraction of sp³-hybridized carbons (Fsp3) is 0.423. The zero-order chi connectivity index (χ0) is 21.1. The Bertz CT molecular complexity index is 1000. The highest BCUT2D eigenvalue weighted by atomic mass is 19.3. The van der Waals surface area contributed by atoms with E-state index in [1.54, 1.807) is 0 Å². The van der Waals surface area contributed by atoms with Crippen LogP contribution in [0.5, 0.6) is 0 Å². The third kappa shape index (κ3) is 4.80. The first-order valence-electron chi connectivity index (χ1n) is 11.1. The summed E-state index contributed by atoms with van der Waals surface area (Å²) in [6, 6.07) is 17.1. The first-order chi connectivity index (χ1) is 14.4. The zero-order valence-corrected chi connectivity index (χ0v) is 17.9. The highest BCUT2D eigenvalue weighted by Crippen LogP contribution is 2.33. The molecule has 4 heteroatoms. The third-order valence-electron chi connectivity index (χ3n) is 6.04. The van der Waals surface area contributed by atoms with Crippen molar-refractivity contribution in [2.24, 2.45) is 0 Å². The molecule has 2 heterocycles. The van der Waals surface area contributed by atoms with Crippen LogP contribution in [0.2, 0.25) is 0 Å². The molecule has 0 aliphatic carbocycles. The third-order valence-corrected chi connectivity index (χ3v) is 6.04. The number of benzene rings is 2. The largest absolute Gasteiger partial charge is 0.371 e. The number of aryl methyl sites for hydroxylation is 2. The number of rotatable bonds is 7. The van der Waals surface area contributed by atoms with Gasteiger partial charge in [0.15, 0.2) is 0 Å². The van der Waals surface area contributed by atoms with Gasteiger partial charge in [-0.3, -0.25) is 0 Å². The lowest BCUT2D eigenvalue weighted by molar-refractivity contribution is 0.0111. The maximum absolute atomic E-state index is 13.0. The highest BCUT2D eigenvalue weighted by molar-refractivity contribution is 5.94. The van der Waals surface area contributed by atoms with E-state index in [1.165, 1.54) is 29.5 Å². The van der Waals surface area contributed by atoms with Crippen molar-refractivity contribution < 1.29 is 8.78 Å². The van der Waals surface area contributed by atoms with Crippen molar-refractivity contribution in [1.82, 2.24) is 4.98 Å². The lowest BCUT2D eigenvalue weighted by Gasteiger charge is -2.21. The van der Waals surface area contributed by atoms with E-state index in [1.807, 2.05) is 12.1 Å². The molecule has 2 nitrogen and oxygen atoms in total. The average molecular weight is 409 g/mol. The van der Waals surface area contributed by atoms with E-state index in [0.717, 1.165) is 48.8 Å². The van der Waals surface area contributed by atoms with Gasteiger partial charge >= 0.3 is 0 Å². The van der Waals surface area contributed by atoms with Crippen LogP contribution in [0.15, 0.2) is 48.5 Å². The molecule has 0 radical (unpaired) electrons. The molecule has 0 amide bonds. The molecule has 30 heavy (non-hydrogen) atoms. The van der Waals surface area contributed by atoms with Gasteiger partial charge in [-0.05, 0) is 62.3 Å². The molecule has 0 saturated carbocycles. The minimum atomic E-state index is -2.59. The molecule has 0 atom stereocenters. The summed E-state index contributed by atoms with van der Waals surface area (Å²) in [5.41, 5.74) is 6.75. The first-order valence-corrected chi connectivity index (χ1v) is 11.1. The molecule has 0 unspecified atom stereocenters. The molecule has 3 aromatic rings. The molecule has 1 fully saturated rings. The van der Waals surface area contributed by atoms with Crippen LogP contribution >= 0.6 is 0 Å². The average Bonchev–Trinajstić information content (AvgIpc) is 3.27. The van der Waals surface area contributed by atoms with Gasteiger partial charge in [0.1, 0.15) is 0 Å². The van der Waals surface area contributed by atoms with Crippen molar-refractivity contribution >= 4 is 16.6 Å². The second-order valence-corrected chi connectivity index (χ2v) is 8.55. The van der Waals surface area contributed by atoms with Gasteiger partial charge < -0.3 is 4.90 Å². The molecule has 2 aromatic carbocycles. The molecule has 1 aliphatic heterocycles. The summed E-state index contributed by atoms with van der Waals surface area (Å²) in [6.45, 7) is 5.34. The fourth-order valence-electron chi connectivity index (χ4n) is 4.29. The van der Waals surface area contributed by atoms with E-state index in [2.05, 4.69) is 48.2 Å². The Morgan fingerprint density at radius 3 is 2.33 bits per heavy atom. The number of pyridine rings is 1. The molecule has 158 valence electrons. The Balaban J connectivity index is 1.64. The van der Waals surface area contributed by atoms with Gasteiger partial charge in [0.05, 0.1) is 11.2 Å².